The highest BCUT2D eigenvalue weighted by Gasteiger charge is 2.27. The number of benzene rings is 1. The molecule has 1 atom stereocenters. The highest BCUT2D eigenvalue weighted by atomic mass is 32.2. The number of hydrogen-bond donors (Lipinski definition) is 0. The fourth-order valence-corrected chi connectivity index (χ4v) is 6.96. The number of aromatic nitrogens is 2. The first-order chi connectivity index (χ1) is 15.1. The molecule has 0 spiro atoms. The van der Waals surface area contributed by atoms with Crippen molar-refractivity contribution in [1.82, 2.24) is 14.5 Å². The van der Waals surface area contributed by atoms with Crippen LogP contribution in [-0.4, -0.2) is 38.7 Å². The number of nitrogens with zero attached hydrogens (tertiary/aromatic N) is 3. The van der Waals surface area contributed by atoms with E-state index in [1.54, 1.807) is 11.3 Å². The van der Waals surface area contributed by atoms with Crippen molar-refractivity contribution in [3.63, 3.8) is 0 Å². The van der Waals surface area contributed by atoms with Gasteiger partial charge in [-0.3, -0.25) is 14.2 Å². The second-order valence-corrected chi connectivity index (χ2v) is 10.8. The molecule has 5 rings (SSSR count). The largest absolute Gasteiger partial charge is 0.342 e. The molecular formula is C24H27N3O2S2. The van der Waals surface area contributed by atoms with E-state index < -0.39 is 0 Å². The number of amides is 1. The van der Waals surface area contributed by atoms with E-state index in [1.165, 1.54) is 27.8 Å². The number of hydrogen-bond acceptors (Lipinski definition) is 5. The van der Waals surface area contributed by atoms with Gasteiger partial charge in [0, 0.05) is 24.5 Å². The molecule has 162 valence electrons. The van der Waals surface area contributed by atoms with E-state index in [1.807, 2.05) is 34.6 Å². The maximum atomic E-state index is 13.6. The van der Waals surface area contributed by atoms with Crippen LogP contribution in [0.15, 0.2) is 40.3 Å². The Morgan fingerprint density at radius 3 is 2.71 bits per heavy atom. The molecule has 1 aliphatic carbocycles. The summed E-state index contributed by atoms with van der Waals surface area (Å²) in [7, 11) is 0. The molecule has 3 heterocycles. The van der Waals surface area contributed by atoms with Crippen LogP contribution >= 0.6 is 23.1 Å². The van der Waals surface area contributed by atoms with Gasteiger partial charge >= 0.3 is 0 Å². The predicted molar refractivity (Wildman–Crippen MR) is 127 cm³/mol. The third-order valence-electron chi connectivity index (χ3n) is 6.30. The van der Waals surface area contributed by atoms with Gasteiger partial charge in [-0.15, -0.1) is 11.3 Å². The number of carbonyl (C=O) groups excluding carboxylic acids is 1. The Bertz CT molecular complexity index is 1160. The number of aryl methyl sites for hydroxylation is 3. The maximum absolute atomic E-state index is 13.6. The predicted octanol–water partition coefficient (Wildman–Crippen LogP) is 4.29. The Hall–Kier alpha value is -2.12. The monoisotopic (exact) mass is 453 g/mol. The minimum atomic E-state index is -0.253. The third-order valence-corrected chi connectivity index (χ3v) is 8.57. The van der Waals surface area contributed by atoms with E-state index in [-0.39, 0.29) is 16.7 Å². The average molecular weight is 454 g/mol. The number of thioether (sulfide) groups is 1. The van der Waals surface area contributed by atoms with Gasteiger partial charge in [0.15, 0.2) is 5.16 Å². The molecule has 1 fully saturated rings. The van der Waals surface area contributed by atoms with E-state index in [0.29, 0.717) is 11.7 Å². The Labute approximate surface area is 190 Å². The van der Waals surface area contributed by atoms with Crippen molar-refractivity contribution < 1.29 is 4.79 Å². The summed E-state index contributed by atoms with van der Waals surface area (Å²) in [4.78, 5) is 35.6. The smallest absolute Gasteiger partial charge is 0.263 e. The fourth-order valence-electron chi connectivity index (χ4n) is 4.63. The van der Waals surface area contributed by atoms with Crippen LogP contribution in [0.2, 0.25) is 0 Å². The molecule has 1 saturated heterocycles. The molecule has 2 aliphatic rings. The number of likely N-dealkylation sites (tertiary alicyclic amines) is 1. The van der Waals surface area contributed by atoms with Gasteiger partial charge in [0.2, 0.25) is 5.91 Å². The number of fused-ring (bicyclic) bond motifs is 3. The lowest BCUT2D eigenvalue weighted by molar-refractivity contribution is -0.129. The minimum absolute atomic E-state index is 0.0589. The second kappa shape index (κ2) is 8.79. The van der Waals surface area contributed by atoms with Crippen molar-refractivity contribution in [2.75, 3.05) is 13.1 Å². The van der Waals surface area contributed by atoms with Crippen molar-refractivity contribution in [2.24, 2.45) is 0 Å². The van der Waals surface area contributed by atoms with Crippen LogP contribution in [0.5, 0.6) is 0 Å². The minimum Gasteiger partial charge on any atom is -0.342 e. The zero-order valence-corrected chi connectivity index (χ0v) is 19.4. The van der Waals surface area contributed by atoms with E-state index in [9.17, 15) is 9.59 Å². The highest BCUT2D eigenvalue weighted by molar-refractivity contribution is 8.00. The number of carbonyl (C=O) groups is 1. The van der Waals surface area contributed by atoms with Gasteiger partial charge in [0.05, 0.1) is 10.6 Å². The molecule has 1 amide bonds. The molecule has 0 radical (unpaired) electrons. The number of thiophene rings is 1. The van der Waals surface area contributed by atoms with Gasteiger partial charge < -0.3 is 4.90 Å². The summed E-state index contributed by atoms with van der Waals surface area (Å²) in [5.41, 5.74) is 2.47. The number of rotatable bonds is 6. The molecule has 0 N–H and O–H groups in total. The lowest BCUT2D eigenvalue weighted by atomic mass is 10.1. The molecule has 5 nitrogen and oxygen atoms in total. The van der Waals surface area contributed by atoms with Crippen molar-refractivity contribution in [3.05, 3.63) is 56.7 Å². The zero-order chi connectivity index (χ0) is 21.4. The van der Waals surface area contributed by atoms with Crippen LogP contribution in [0.3, 0.4) is 0 Å². The molecule has 1 aliphatic heterocycles. The summed E-state index contributed by atoms with van der Waals surface area (Å²) in [5.74, 6) is 0.153. The van der Waals surface area contributed by atoms with E-state index in [4.69, 9.17) is 4.98 Å². The second-order valence-electron chi connectivity index (χ2n) is 8.42. The molecule has 0 saturated carbocycles. The summed E-state index contributed by atoms with van der Waals surface area (Å²) in [5, 5.41) is 1.24. The quantitative estimate of drug-likeness (QED) is 0.413. The summed E-state index contributed by atoms with van der Waals surface area (Å²) in [6, 6.07) is 10.2. The van der Waals surface area contributed by atoms with Crippen LogP contribution in [0.1, 0.15) is 42.2 Å². The first-order valence-corrected chi connectivity index (χ1v) is 12.9. The van der Waals surface area contributed by atoms with Crippen LogP contribution < -0.4 is 5.56 Å². The standard InChI is InChI=1S/C24H27N3O2S2/c1-16(22(28)26-13-5-6-14-26)30-24-25-21-20(18-10-7-11-19(18)31-21)23(29)27(24)15-12-17-8-3-2-4-9-17/h2-4,8-9,16H,5-7,10-15H2,1H3. The van der Waals surface area contributed by atoms with Crippen molar-refractivity contribution in [2.45, 2.75) is 62.4 Å². The Balaban J connectivity index is 1.50. The first kappa shape index (κ1) is 20.8. The molecule has 0 bridgehead atoms. The van der Waals surface area contributed by atoms with E-state index >= 15 is 0 Å². The van der Waals surface area contributed by atoms with E-state index in [0.717, 1.165) is 61.8 Å². The zero-order valence-electron chi connectivity index (χ0n) is 17.8. The first-order valence-electron chi connectivity index (χ1n) is 11.2. The van der Waals surface area contributed by atoms with Gasteiger partial charge in [-0.05, 0) is 56.6 Å². The SMILES string of the molecule is CC(Sc1nc2sc3c(c2c(=O)n1CCc1ccccc1)CCC3)C(=O)N1CCCC1. The van der Waals surface area contributed by atoms with Crippen LogP contribution in [0.25, 0.3) is 10.2 Å². The summed E-state index contributed by atoms with van der Waals surface area (Å²) in [6.45, 7) is 4.20. The molecule has 2 aromatic heterocycles. The summed E-state index contributed by atoms with van der Waals surface area (Å²) in [6.07, 6.45) is 6.07. The molecule has 1 unspecified atom stereocenters. The average Bonchev–Trinajstić information content (AvgIpc) is 3.51. The topological polar surface area (TPSA) is 55.2 Å². The van der Waals surface area contributed by atoms with Gasteiger partial charge in [-0.1, -0.05) is 42.1 Å². The van der Waals surface area contributed by atoms with E-state index in [2.05, 4.69) is 12.1 Å². The summed E-state index contributed by atoms with van der Waals surface area (Å²) < 4.78 is 1.82. The van der Waals surface area contributed by atoms with Gasteiger partial charge in [-0.25, -0.2) is 4.98 Å². The molecule has 1 aromatic carbocycles. The van der Waals surface area contributed by atoms with Gasteiger partial charge in [0.1, 0.15) is 4.83 Å². The van der Waals surface area contributed by atoms with Gasteiger partial charge in [-0.2, -0.15) is 0 Å². The van der Waals surface area contributed by atoms with Crippen molar-refractivity contribution in [1.29, 1.82) is 0 Å². The maximum Gasteiger partial charge on any atom is 0.263 e. The fraction of sp³-hybridized carbons (Fsp3) is 0.458. The molecular weight excluding hydrogens is 426 g/mol. The Morgan fingerprint density at radius 2 is 1.94 bits per heavy atom. The lowest BCUT2D eigenvalue weighted by Gasteiger charge is -2.21. The third kappa shape index (κ3) is 4.05. The van der Waals surface area contributed by atoms with Crippen LogP contribution in [0, 0.1) is 0 Å². The summed E-state index contributed by atoms with van der Waals surface area (Å²) >= 11 is 3.10. The molecule has 7 heteroatoms. The normalized spacial score (nSPS) is 16.7. The van der Waals surface area contributed by atoms with Crippen LogP contribution in [0.4, 0.5) is 0 Å². The van der Waals surface area contributed by atoms with Crippen molar-refractivity contribution >= 4 is 39.2 Å². The molecule has 3 aromatic rings. The van der Waals surface area contributed by atoms with Crippen LogP contribution in [-0.2, 0) is 30.6 Å². The highest BCUT2D eigenvalue weighted by Crippen LogP contribution is 2.36. The Morgan fingerprint density at radius 1 is 1.16 bits per heavy atom. The molecule has 31 heavy (non-hydrogen) atoms. The Kier molecular flexibility index (Phi) is 5.89. The van der Waals surface area contributed by atoms with Gasteiger partial charge in [0.25, 0.3) is 5.56 Å². The lowest BCUT2D eigenvalue weighted by Crippen LogP contribution is -2.34. The van der Waals surface area contributed by atoms with Crippen molar-refractivity contribution in [3.8, 4) is 0 Å².